The molecule has 0 spiro atoms. The van der Waals surface area contributed by atoms with Crippen LogP contribution in [0.3, 0.4) is 0 Å². The van der Waals surface area contributed by atoms with Crippen molar-refractivity contribution in [3.8, 4) is 6.07 Å². The predicted molar refractivity (Wildman–Crippen MR) is 122 cm³/mol. The van der Waals surface area contributed by atoms with Gasteiger partial charge in [-0.3, -0.25) is 4.90 Å². The van der Waals surface area contributed by atoms with Crippen LogP contribution < -0.4 is 0 Å². The van der Waals surface area contributed by atoms with Gasteiger partial charge in [0.1, 0.15) is 0 Å². The normalized spacial score (nSPS) is 21.0. The fourth-order valence-corrected chi connectivity index (χ4v) is 4.52. The van der Waals surface area contributed by atoms with Gasteiger partial charge in [-0.05, 0) is 50.9 Å². The molecule has 3 unspecified atom stereocenters. The van der Waals surface area contributed by atoms with Crippen molar-refractivity contribution in [1.82, 2.24) is 4.90 Å². The first-order valence-corrected chi connectivity index (χ1v) is 12.0. The van der Waals surface area contributed by atoms with E-state index in [1.807, 2.05) is 24.3 Å². The molecule has 0 radical (unpaired) electrons. The maximum atomic E-state index is 9.41. The lowest BCUT2D eigenvalue weighted by Crippen LogP contribution is -2.45. The number of halogens is 1. The standard InChI is InChI=1S/C25H39ClN2O/c1-21-19-28(20-22(2)29-21)17-11-9-7-5-3-4-6-8-10-12-24(18-27)23-13-15-25(26)16-14-23/h13-16,21-22,24H,3-12,17,19-20H2,1-2H3. The Kier molecular flexibility index (Phi) is 11.7. The van der Waals surface area contributed by atoms with Gasteiger partial charge in [-0.2, -0.15) is 5.26 Å². The molecule has 1 saturated heterocycles. The fraction of sp³-hybridized carbons (Fsp3) is 0.720. The van der Waals surface area contributed by atoms with Gasteiger partial charge in [0.2, 0.25) is 0 Å². The van der Waals surface area contributed by atoms with Crippen LogP contribution >= 0.6 is 11.6 Å². The minimum Gasteiger partial charge on any atom is -0.373 e. The third kappa shape index (κ3) is 9.98. The molecule has 1 aromatic rings. The monoisotopic (exact) mass is 418 g/mol. The van der Waals surface area contributed by atoms with Crippen molar-refractivity contribution in [3.63, 3.8) is 0 Å². The SMILES string of the molecule is CC1CN(CCCCCCCCCCCC(C#N)c2ccc(Cl)cc2)CC(C)O1. The second-order valence-electron chi connectivity index (χ2n) is 8.72. The molecule has 4 heteroatoms. The van der Waals surface area contributed by atoms with Crippen LogP contribution in [-0.2, 0) is 4.74 Å². The molecule has 29 heavy (non-hydrogen) atoms. The van der Waals surface area contributed by atoms with Crippen molar-refractivity contribution in [2.45, 2.75) is 96.2 Å². The third-order valence-electron chi connectivity index (χ3n) is 5.89. The van der Waals surface area contributed by atoms with Gasteiger partial charge in [0.25, 0.3) is 0 Å². The summed E-state index contributed by atoms with van der Waals surface area (Å²) >= 11 is 5.93. The number of morpholine rings is 1. The quantitative estimate of drug-likeness (QED) is 0.325. The van der Waals surface area contributed by atoms with Crippen molar-refractivity contribution in [3.05, 3.63) is 34.9 Å². The van der Waals surface area contributed by atoms with Crippen molar-refractivity contribution < 1.29 is 4.74 Å². The van der Waals surface area contributed by atoms with Crippen molar-refractivity contribution in [1.29, 1.82) is 5.26 Å². The van der Waals surface area contributed by atoms with Crippen molar-refractivity contribution in [2.24, 2.45) is 0 Å². The van der Waals surface area contributed by atoms with Crippen LogP contribution in [0.4, 0.5) is 0 Å². The molecule has 1 aliphatic rings. The Balaban J connectivity index is 1.41. The van der Waals surface area contributed by atoms with Gasteiger partial charge in [-0.25, -0.2) is 0 Å². The summed E-state index contributed by atoms with van der Waals surface area (Å²) in [4.78, 5) is 2.57. The van der Waals surface area contributed by atoms with E-state index in [2.05, 4.69) is 24.8 Å². The Hall–Kier alpha value is -1.08. The molecule has 1 fully saturated rings. The Labute approximate surface area is 183 Å². The Morgan fingerprint density at radius 2 is 1.45 bits per heavy atom. The predicted octanol–water partition coefficient (Wildman–Crippen LogP) is 6.96. The summed E-state index contributed by atoms with van der Waals surface area (Å²) in [5.41, 5.74) is 1.10. The molecular formula is C25H39ClN2O. The molecule has 0 N–H and O–H groups in total. The van der Waals surface area contributed by atoms with E-state index in [0.717, 1.165) is 36.5 Å². The van der Waals surface area contributed by atoms with E-state index in [4.69, 9.17) is 16.3 Å². The number of hydrogen-bond acceptors (Lipinski definition) is 3. The second-order valence-corrected chi connectivity index (χ2v) is 9.16. The first kappa shape index (κ1) is 24.2. The maximum absolute atomic E-state index is 9.41. The van der Waals surface area contributed by atoms with Gasteiger partial charge in [0.15, 0.2) is 0 Å². The van der Waals surface area contributed by atoms with E-state index in [0.29, 0.717) is 12.2 Å². The highest BCUT2D eigenvalue weighted by molar-refractivity contribution is 6.30. The lowest BCUT2D eigenvalue weighted by Gasteiger charge is -2.35. The zero-order valence-electron chi connectivity index (χ0n) is 18.4. The highest BCUT2D eigenvalue weighted by Crippen LogP contribution is 2.24. The third-order valence-corrected chi connectivity index (χ3v) is 6.14. The molecule has 162 valence electrons. The zero-order valence-corrected chi connectivity index (χ0v) is 19.2. The van der Waals surface area contributed by atoms with Crippen LogP contribution in [0.25, 0.3) is 0 Å². The van der Waals surface area contributed by atoms with E-state index in [-0.39, 0.29) is 5.92 Å². The molecule has 0 saturated carbocycles. The number of nitriles is 1. The van der Waals surface area contributed by atoms with Crippen LogP contribution in [0.5, 0.6) is 0 Å². The van der Waals surface area contributed by atoms with Gasteiger partial charge >= 0.3 is 0 Å². The molecule has 1 aliphatic heterocycles. The molecule has 0 bridgehead atoms. The van der Waals surface area contributed by atoms with Crippen LogP contribution in [0.1, 0.15) is 89.5 Å². The molecule has 3 nitrogen and oxygen atoms in total. The zero-order chi connectivity index (χ0) is 20.9. The van der Waals surface area contributed by atoms with Crippen molar-refractivity contribution in [2.75, 3.05) is 19.6 Å². The van der Waals surface area contributed by atoms with E-state index < -0.39 is 0 Å². The summed E-state index contributed by atoms with van der Waals surface area (Å²) < 4.78 is 5.80. The lowest BCUT2D eigenvalue weighted by molar-refractivity contribution is -0.0681. The highest BCUT2D eigenvalue weighted by Gasteiger charge is 2.21. The molecule has 0 aliphatic carbocycles. The minimum atomic E-state index is 0.00436. The number of hydrogen-bond donors (Lipinski definition) is 0. The van der Waals surface area contributed by atoms with Crippen LogP contribution in [0.2, 0.25) is 5.02 Å². The summed E-state index contributed by atoms with van der Waals surface area (Å²) in [5.74, 6) is 0.00436. The largest absolute Gasteiger partial charge is 0.373 e. The van der Waals surface area contributed by atoms with Gasteiger partial charge in [0, 0.05) is 18.1 Å². The van der Waals surface area contributed by atoms with Crippen LogP contribution in [-0.4, -0.2) is 36.7 Å². The lowest BCUT2D eigenvalue weighted by atomic mass is 9.94. The van der Waals surface area contributed by atoms with Crippen molar-refractivity contribution >= 4 is 11.6 Å². The average molecular weight is 419 g/mol. The minimum absolute atomic E-state index is 0.00436. The summed E-state index contributed by atoms with van der Waals surface area (Å²) in [5, 5.41) is 10.1. The van der Waals surface area contributed by atoms with Gasteiger partial charge < -0.3 is 4.74 Å². The number of nitrogens with zero attached hydrogens (tertiary/aromatic N) is 2. The van der Waals surface area contributed by atoms with E-state index in [1.165, 1.54) is 57.9 Å². The van der Waals surface area contributed by atoms with E-state index >= 15 is 0 Å². The highest BCUT2D eigenvalue weighted by atomic mass is 35.5. The molecular weight excluding hydrogens is 380 g/mol. The van der Waals surface area contributed by atoms with Gasteiger partial charge in [0.05, 0.1) is 24.2 Å². The first-order valence-electron chi connectivity index (χ1n) is 11.6. The summed E-state index contributed by atoms with van der Waals surface area (Å²) in [6.07, 6.45) is 13.5. The number of ether oxygens (including phenoxy) is 1. The molecule has 0 amide bonds. The smallest absolute Gasteiger partial charge is 0.0712 e. The Morgan fingerprint density at radius 1 is 0.931 bits per heavy atom. The van der Waals surface area contributed by atoms with Gasteiger partial charge in [-0.1, -0.05) is 75.1 Å². The summed E-state index contributed by atoms with van der Waals surface area (Å²) in [7, 11) is 0. The first-order chi connectivity index (χ1) is 14.1. The van der Waals surface area contributed by atoms with Crippen LogP contribution in [0, 0.1) is 11.3 Å². The molecule has 3 atom stereocenters. The Bertz CT molecular complexity index is 588. The molecule has 0 aromatic heterocycles. The average Bonchev–Trinajstić information content (AvgIpc) is 2.69. The molecule has 1 aromatic carbocycles. The summed E-state index contributed by atoms with van der Waals surface area (Å²) in [6, 6.07) is 10.2. The number of rotatable bonds is 13. The summed E-state index contributed by atoms with van der Waals surface area (Å²) in [6.45, 7) is 7.78. The number of benzene rings is 1. The van der Waals surface area contributed by atoms with Gasteiger partial charge in [-0.15, -0.1) is 0 Å². The molecule has 1 heterocycles. The Morgan fingerprint density at radius 3 is 2.00 bits per heavy atom. The van der Waals surface area contributed by atoms with E-state index in [9.17, 15) is 5.26 Å². The maximum Gasteiger partial charge on any atom is 0.0712 e. The van der Waals surface area contributed by atoms with E-state index in [1.54, 1.807) is 0 Å². The number of unbranched alkanes of at least 4 members (excludes halogenated alkanes) is 8. The topological polar surface area (TPSA) is 36.3 Å². The fourth-order valence-electron chi connectivity index (χ4n) is 4.39. The second kappa shape index (κ2) is 14.0. The van der Waals surface area contributed by atoms with Crippen LogP contribution in [0.15, 0.2) is 24.3 Å². The molecule has 2 rings (SSSR count).